The zero-order valence-electron chi connectivity index (χ0n) is 13.5. The van der Waals surface area contributed by atoms with E-state index in [1.54, 1.807) is 12.3 Å². The number of amides is 2. The van der Waals surface area contributed by atoms with Crippen LogP contribution in [0.1, 0.15) is 17.3 Å². The number of nitrogens with zero attached hydrogens (tertiary/aromatic N) is 1. The highest BCUT2D eigenvalue weighted by Gasteiger charge is 2.31. The highest BCUT2D eigenvalue weighted by Crippen LogP contribution is 2.39. The molecular weight excluding hydrogens is 394 g/mol. The standard InChI is InChI=1S/C16H13N3O4S3/c1-2-23-15(22)11-9(10-4-3-5-25-10)7-26-14(11)17-6-8-12(20)18-16(24)19-13(8)21/h3-8H,2H2,1H3,(H2,18,19,20,21,24)/b17-6+. The summed E-state index contributed by atoms with van der Waals surface area (Å²) in [6.45, 7) is 1.95. The number of hydrogen-bond acceptors (Lipinski definition) is 8. The van der Waals surface area contributed by atoms with Crippen molar-refractivity contribution in [3.8, 4) is 10.4 Å². The van der Waals surface area contributed by atoms with Gasteiger partial charge in [-0.3, -0.25) is 9.59 Å². The van der Waals surface area contributed by atoms with Gasteiger partial charge >= 0.3 is 5.97 Å². The highest BCUT2D eigenvalue weighted by molar-refractivity contribution is 7.80. The monoisotopic (exact) mass is 407 g/mol. The number of thiophene rings is 2. The number of carbonyl (C=O) groups excluding carboxylic acids is 3. The first-order valence-electron chi connectivity index (χ1n) is 7.53. The van der Waals surface area contributed by atoms with Gasteiger partial charge in [-0.15, -0.1) is 22.7 Å². The molecule has 2 aromatic rings. The van der Waals surface area contributed by atoms with Gasteiger partial charge in [-0.2, -0.15) is 0 Å². The predicted octanol–water partition coefficient (Wildman–Crippen LogP) is 2.50. The Morgan fingerprint density at radius 1 is 1.35 bits per heavy atom. The van der Waals surface area contributed by atoms with E-state index < -0.39 is 23.7 Å². The molecule has 2 N–H and O–H groups in total. The van der Waals surface area contributed by atoms with Crippen molar-refractivity contribution in [3.05, 3.63) is 28.5 Å². The van der Waals surface area contributed by atoms with Crippen LogP contribution in [-0.4, -0.2) is 35.7 Å². The van der Waals surface area contributed by atoms with E-state index in [0.717, 1.165) is 4.88 Å². The van der Waals surface area contributed by atoms with E-state index in [-0.39, 0.29) is 11.7 Å². The van der Waals surface area contributed by atoms with Gasteiger partial charge in [0, 0.05) is 22.0 Å². The number of carbonyl (C=O) groups is 3. The molecule has 0 atom stereocenters. The molecule has 0 bridgehead atoms. The molecule has 10 heteroatoms. The van der Waals surface area contributed by atoms with Crippen molar-refractivity contribution in [2.45, 2.75) is 6.92 Å². The Bertz CT molecular complexity index is 882. The van der Waals surface area contributed by atoms with Crippen LogP contribution in [0.15, 0.2) is 27.9 Å². The van der Waals surface area contributed by atoms with Gasteiger partial charge in [-0.1, -0.05) is 6.07 Å². The molecule has 1 aliphatic rings. The summed E-state index contributed by atoms with van der Waals surface area (Å²) >= 11 is 7.49. The van der Waals surface area contributed by atoms with Crippen molar-refractivity contribution < 1.29 is 19.1 Å². The fraction of sp³-hybridized carbons (Fsp3) is 0.188. The molecule has 134 valence electrons. The second-order valence-corrected chi connectivity index (χ2v) is 7.30. The molecular formula is C16H13N3O4S3. The van der Waals surface area contributed by atoms with Gasteiger partial charge in [-0.05, 0) is 30.6 Å². The summed E-state index contributed by atoms with van der Waals surface area (Å²) in [5, 5.41) is 8.78. The van der Waals surface area contributed by atoms with E-state index in [1.165, 1.54) is 28.9 Å². The third-order valence-corrected chi connectivity index (χ3v) is 5.41. The number of esters is 1. The molecule has 2 aromatic heterocycles. The van der Waals surface area contributed by atoms with Gasteiger partial charge in [-0.25, -0.2) is 9.79 Å². The summed E-state index contributed by atoms with van der Waals surface area (Å²) < 4.78 is 5.14. The fourth-order valence-electron chi connectivity index (χ4n) is 2.26. The molecule has 2 amide bonds. The summed E-state index contributed by atoms with van der Waals surface area (Å²) in [4.78, 5) is 41.4. The molecule has 0 radical (unpaired) electrons. The minimum absolute atomic E-state index is 0.0343. The molecule has 1 saturated heterocycles. The number of aliphatic imine (C=N–C) groups is 1. The van der Waals surface area contributed by atoms with E-state index in [4.69, 9.17) is 17.0 Å². The summed E-state index contributed by atoms with van der Waals surface area (Å²) in [6, 6.07) is 3.78. The van der Waals surface area contributed by atoms with Crippen LogP contribution in [0.25, 0.3) is 10.4 Å². The van der Waals surface area contributed by atoms with Crippen molar-refractivity contribution in [1.29, 1.82) is 0 Å². The SMILES string of the molecule is CCOC(=O)c1c(-c2cccs2)csc1/N=C/C1C(=O)NC(=S)NC1=O. The normalized spacial score (nSPS) is 15.2. The van der Waals surface area contributed by atoms with Gasteiger partial charge < -0.3 is 15.4 Å². The lowest BCUT2D eigenvalue weighted by Crippen LogP contribution is -2.56. The Balaban J connectivity index is 1.95. The van der Waals surface area contributed by atoms with E-state index >= 15 is 0 Å². The molecule has 26 heavy (non-hydrogen) atoms. The molecule has 0 saturated carbocycles. The van der Waals surface area contributed by atoms with Crippen molar-refractivity contribution in [1.82, 2.24) is 10.6 Å². The van der Waals surface area contributed by atoms with Gasteiger partial charge in [0.1, 0.15) is 10.6 Å². The van der Waals surface area contributed by atoms with E-state index in [1.807, 2.05) is 17.5 Å². The van der Waals surface area contributed by atoms with Crippen LogP contribution in [0.4, 0.5) is 5.00 Å². The number of ether oxygens (including phenoxy) is 1. The Hall–Kier alpha value is -2.43. The van der Waals surface area contributed by atoms with Crippen LogP contribution in [0.3, 0.4) is 0 Å². The van der Waals surface area contributed by atoms with Crippen molar-refractivity contribution in [2.24, 2.45) is 10.9 Å². The largest absolute Gasteiger partial charge is 0.462 e. The van der Waals surface area contributed by atoms with Crippen LogP contribution in [0.5, 0.6) is 0 Å². The Kier molecular flexibility index (Phi) is 5.55. The second-order valence-electron chi connectivity index (χ2n) is 5.09. The second kappa shape index (κ2) is 7.85. The van der Waals surface area contributed by atoms with E-state index in [0.29, 0.717) is 16.1 Å². The van der Waals surface area contributed by atoms with Crippen molar-refractivity contribution in [2.75, 3.05) is 6.61 Å². The molecule has 3 rings (SSSR count). The maximum Gasteiger partial charge on any atom is 0.341 e. The zero-order chi connectivity index (χ0) is 18.7. The summed E-state index contributed by atoms with van der Waals surface area (Å²) in [5.41, 5.74) is 1.04. The Labute approximate surface area is 162 Å². The average Bonchev–Trinajstić information content (AvgIpc) is 3.23. The van der Waals surface area contributed by atoms with Gasteiger partial charge in [0.15, 0.2) is 11.0 Å². The maximum atomic E-state index is 12.4. The van der Waals surface area contributed by atoms with Gasteiger partial charge in [0.2, 0.25) is 11.8 Å². The summed E-state index contributed by atoms with van der Waals surface area (Å²) in [7, 11) is 0. The summed E-state index contributed by atoms with van der Waals surface area (Å²) in [6.07, 6.45) is 1.21. The lowest BCUT2D eigenvalue weighted by molar-refractivity contribution is -0.131. The number of nitrogens with one attached hydrogen (secondary N) is 2. The zero-order valence-corrected chi connectivity index (χ0v) is 15.9. The lowest BCUT2D eigenvalue weighted by atomic mass is 10.1. The van der Waals surface area contributed by atoms with Crippen LogP contribution in [-0.2, 0) is 14.3 Å². The Morgan fingerprint density at radius 2 is 2.08 bits per heavy atom. The molecule has 1 fully saturated rings. The molecule has 0 spiro atoms. The molecule has 0 unspecified atom stereocenters. The topological polar surface area (TPSA) is 96.9 Å². The van der Waals surface area contributed by atoms with Crippen molar-refractivity contribution in [3.63, 3.8) is 0 Å². The third kappa shape index (κ3) is 3.71. The van der Waals surface area contributed by atoms with Gasteiger partial charge in [0.25, 0.3) is 0 Å². The average molecular weight is 407 g/mol. The minimum Gasteiger partial charge on any atom is -0.462 e. The Morgan fingerprint density at radius 3 is 2.69 bits per heavy atom. The summed E-state index contributed by atoms with van der Waals surface area (Å²) in [5.74, 6) is -2.74. The quantitative estimate of drug-likeness (QED) is 0.344. The van der Waals surface area contributed by atoms with Crippen LogP contribution < -0.4 is 10.6 Å². The van der Waals surface area contributed by atoms with Crippen LogP contribution in [0, 0.1) is 5.92 Å². The first-order chi connectivity index (χ1) is 12.5. The number of thiocarbonyl (C=S) groups is 1. The lowest BCUT2D eigenvalue weighted by Gasteiger charge is -2.19. The minimum atomic E-state index is -1.12. The number of hydrogen-bond donors (Lipinski definition) is 2. The van der Waals surface area contributed by atoms with Crippen LogP contribution in [0.2, 0.25) is 0 Å². The molecule has 0 aromatic carbocycles. The molecule has 3 heterocycles. The molecule has 1 aliphatic heterocycles. The first kappa shape index (κ1) is 18.4. The van der Waals surface area contributed by atoms with Gasteiger partial charge in [0.05, 0.1) is 6.61 Å². The first-order valence-corrected chi connectivity index (χ1v) is 9.70. The predicted molar refractivity (Wildman–Crippen MR) is 104 cm³/mol. The number of rotatable bonds is 5. The van der Waals surface area contributed by atoms with Crippen LogP contribution >= 0.6 is 34.9 Å². The smallest absolute Gasteiger partial charge is 0.341 e. The highest BCUT2D eigenvalue weighted by atomic mass is 32.1. The molecule has 0 aliphatic carbocycles. The van der Waals surface area contributed by atoms with E-state index in [9.17, 15) is 14.4 Å². The van der Waals surface area contributed by atoms with Crippen molar-refractivity contribution >= 4 is 69.0 Å². The fourth-order valence-corrected chi connectivity index (χ4v) is 4.20. The molecule has 7 nitrogen and oxygen atoms in total. The third-order valence-electron chi connectivity index (χ3n) is 3.42. The van der Waals surface area contributed by atoms with E-state index in [2.05, 4.69) is 15.6 Å². The maximum absolute atomic E-state index is 12.4.